The summed E-state index contributed by atoms with van der Waals surface area (Å²) in [5.41, 5.74) is 4.14. The molecule has 1 aromatic rings. The molecule has 6 nitrogen and oxygen atoms in total. The van der Waals surface area contributed by atoms with Crippen molar-refractivity contribution in [2.75, 3.05) is 37.6 Å². The molecule has 142 valence electrons. The van der Waals surface area contributed by atoms with Gasteiger partial charge < -0.3 is 14.7 Å². The van der Waals surface area contributed by atoms with Crippen molar-refractivity contribution in [3.8, 4) is 0 Å². The van der Waals surface area contributed by atoms with Crippen molar-refractivity contribution in [1.29, 1.82) is 0 Å². The van der Waals surface area contributed by atoms with Crippen LogP contribution >= 0.6 is 0 Å². The van der Waals surface area contributed by atoms with E-state index in [1.165, 1.54) is 6.92 Å². The molecular weight excluding hydrogens is 330 g/mol. The molecule has 1 saturated heterocycles. The summed E-state index contributed by atoms with van der Waals surface area (Å²) in [5.74, 6) is 0.0151. The monoisotopic (exact) mass is 359 g/mol. The van der Waals surface area contributed by atoms with Crippen molar-refractivity contribution in [3.05, 3.63) is 28.8 Å². The summed E-state index contributed by atoms with van der Waals surface area (Å²) >= 11 is 0. The van der Waals surface area contributed by atoms with E-state index in [0.29, 0.717) is 32.7 Å². The average molecular weight is 359 g/mol. The van der Waals surface area contributed by atoms with Crippen molar-refractivity contribution in [2.24, 2.45) is 0 Å². The van der Waals surface area contributed by atoms with Gasteiger partial charge in [-0.3, -0.25) is 14.4 Å². The third-order valence-corrected chi connectivity index (χ3v) is 4.91. The summed E-state index contributed by atoms with van der Waals surface area (Å²) in [6.07, 6.45) is 0.284. The van der Waals surface area contributed by atoms with E-state index in [1.54, 1.807) is 21.6 Å². The molecule has 26 heavy (non-hydrogen) atoms. The summed E-state index contributed by atoms with van der Waals surface area (Å²) < 4.78 is 0. The number of benzene rings is 1. The lowest BCUT2D eigenvalue weighted by Crippen LogP contribution is -2.50. The standard InChI is InChI=1S/C20H29N3O3/c1-14-12-15(2)20(16(3)13-14)23(18(5)25)7-6-19(26)22-10-8-21(9-11-22)17(4)24/h12-13H,6-11H2,1-5H3. The fourth-order valence-corrected chi connectivity index (χ4v) is 3.66. The van der Waals surface area contributed by atoms with Crippen molar-refractivity contribution < 1.29 is 14.4 Å². The van der Waals surface area contributed by atoms with E-state index in [-0.39, 0.29) is 24.1 Å². The largest absolute Gasteiger partial charge is 0.339 e. The van der Waals surface area contributed by atoms with Gasteiger partial charge in [-0.05, 0) is 31.9 Å². The second-order valence-corrected chi connectivity index (χ2v) is 7.05. The molecule has 1 aliphatic rings. The first kappa shape index (κ1) is 19.9. The number of carbonyl (C=O) groups excluding carboxylic acids is 3. The molecule has 0 aromatic heterocycles. The van der Waals surface area contributed by atoms with Crippen molar-refractivity contribution in [2.45, 2.75) is 41.0 Å². The molecule has 6 heteroatoms. The van der Waals surface area contributed by atoms with Gasteiger partial charge in [0.05, 0.1) is 0 Å². The zero-order chi connectivity index (χ0) is 19.4. The van der Waals surface area contributed by atoms with Crippen LogP contribution in [-0.4, -0.2) is 60.2 Å². The van der Waals surface area contributed by atoms with Gasteiger partial charge in [-0.2, -0.15) is 0 Å². The SMILES string of the molecule is CC(=O)N1CCN(C(=O)CCN(C(C)=O)c2c(C)cc(C)cc2C)CC1. The second kappa shape index (κ2) is 8.34. The Balaban J connectivity index is 2.03. The van der Waals surface area contributed by atoms with Gasteiger partial charge in [-0.25, -0.2) is 0 Å². The van der Waals surface area contributed by atoms with Crippen LogP contribution in [0.5, 0.6) is 0 Å². The Morgan fingerprint density at radius 3 is 1.88 bits per heavy atom. The molecule has 0 bridgehead atoms. The maximum atomic E-state index is 12.5. The normalized spacial score (nSPS) is 14.3. The van der Waals surface area contributed by atoms with Gasteiger partial charge >= 0.3 is 0 Å². The Labute approximate surface area is 155 Å². The average Bonchev–Trinajstić information content (AvgIpc) is 2.56. The number of hydrogen-bond donors (Lipinski definition) is 0. The molecule has 1 heterocycles. The summed E-state index contributed by atoms with van der Waals surface area (Å²) in [5, 5.41) is 0. The number of nitrogens with zero attached hydrogens (tertiary/aromatic N) is 3. The van der Waals surface area contributed by atoms with E-state index in [4.69, 9.17) is 0 Å². The van der Waals surface area contributed by atoms with E-state index in [9.17, 15) is 14.4 Å². The predicted molar refractivity (Wildman–Crippen MR) is 102 cm³/mol. The first-order chi connectivity index (χ1) is 12.2. The van der Waals surface area contributed by atoms with Crippen LogP contribution < -0.4 is 4.90 Å². The van der Waals surface area contributed by atoms with Gasteiger partial charge in [0, 0.05) is 58.7 Å². The molecule has 0 atom stereocenters. The first-order valence-electron chi connectivity index (χ1n) is 9.10. The first-order valence-corrected chi connectivity index (χ1v) is 9.10. The Kier molecular flexibility index (Phi) is 6.40. The fraction of sp³-hybridized carbons (Fsp3) is 0.550. The lowest BCUT2D eigenvalue weighted by atomic mass is 10.0. The number of rotatable bonds is 4. The molecule has 1 aromatic carbocycles. The summed E-state index contributed by atoms with van der Waals surface area (Å²) in [7, 11) is 0. The molecule has 0 N–H and O–H groups in total. The molecule has 0 saturated carbocycles. The Hall–Kier alpha value is -2.37. The quantitative estimate of drug-likeness (QED) is 0.827. The predicted octanol–water partition coefficient (Wildman–Crippen LogP) is 2.05. The molecule has 0 radical (unpaired) electrons. The number of hydrogen-bond acceptors (Lipinski definition) is 3. The zero-order valence-corrected chi connectivity index (χ0v) is 16.5. The van der Waals surface area contributed by atoms with Crippen LogP contribution in [-0.2, 0) is 14.4 Å². The molecule has 2 rings (SSSR count). The van der Waals surface area contributed by atoms with Crippen LogP contribution in [0.1, 0.15) is 37.0 Å². The molecule has 1 fully saturated rings. The van der Waals surface area contributed by atoms with Gasteiger partial charge in [0.2, 0.25) is 17.7 Å². The third kappa shape index (κ3) is 4.62. The van der Waals surface area contributed by atoms with Gasteiger partial charge in [0.15, 0.2) is 0 Å². The topological polar surface area (TPSA) is 60.9 Å². The minimum Gasteiger partial charge on any atom is -0.339 e. The maximum Gasteiger partial charge on any atom is 0.224 e. The highest BCUT2D eigenvalue weighted by molar-refractivity contribution is 5.94. The zero-order valence-electron chi connectivity index (χ0n) is 16.5. The van der Waals surface area contributed by atoms with E-state index in [2.05, 4.69) is 12.1 Å². The Morgan fingerprint density at radius 2 is 1.42 bits per heavy atom. The number of amides is 3. The summed E-state index contributed by atoms with van der Waals surface area (Å²) in [4.78, 5) is 41.4. The van der Waals surface area contributed by atoms with Crippen molar-refractivity contribution in [1.82, 2.24) is 9.80 Å². The minimum absolute atomic E-state index is 0.0295. The van der Waals surface area contributed by atoms with E-state index < -0.39 is 0 Å². The Bertz CT molecular complexity index is 683. The molecule has 0 aliphatic carbocycles. The van der Waals surface area contributed by atoms with Gasteiger partial charge in [-0.15, -0.1) is 0 Å². The molecule has 0 spiro atoms. The van der Waals surface area contributed by atoms with E-state index in [1.807, 2.05) is 20.8 Å². The van der Waals surface area contributed by atoms with Crippen LogP contribution in [0.15, 0.2) is 12.1 Å². The number of aryl methyl sites for hydroxylation is 3. The maximum absolute atomic E-state index is 12.5. The highest BCUT2D eigenvalue weighted by Gasteiger charge is 2.24. The van der Waals surface area contributed by atoms with Crippen molar-refractivity contribution in [3.63, 3.8) is 0 Å². The van der Waals surface area contributed by atoms with Crippen molar-refractivity contribution >= 4 is 23.4 Å². The number of carbonyl (C=O) groups is 3. The lowest BCUT2D eigenvalue weighted by Gasteiger charge is -2.34. The molecule has 3 amide bonds. The Morgan fingerprint density at radius 1 is 0.923 bits per heavy atom. The van der Waals surface area contributed by atoms with Crippen LogP contribution in [0.2, 0.25) is 0 Å². The number of anilines is 1. The summed E-state index contributed by atoms with van der Waals surface area (Å²) in [6.45, 7) is 11.7. The van der Waals surface area contributed by atoms with E-state index >= 15 is 0 Å². The fourth-order valence-electron chi connectivity index (χ4n) is 3.66. The third-order valence-electron chi connectivity index (χ3n) is 4.91. The van der Waals surface area contributed by atoms with E-state index in [0.717, 1.165) is 22.4 Å². The van der Waals surface area contributed by atoms with Crippen LogP contribution in [0.4, 0.5) is 5.69 Å². The smallest absolute Gasteiger partial charge is 0.224 e. The molecule has 1 aliphatic heterocycles. The van der Waals surface area contributed by atoms with Crippen LogP contribution in [0.3, 0.4) is 0 Å². The molecular formula is C20H29N3O3. The molecule has 0 unspecified atom stereocenters. The lowest BCUT2D eigenvalue weighted by molar-refractivity contribution is -0.138. The van der Waals surface area contributed by atoms with Gasteiger partial charge in [-0.1, -0.05) is 17.7 Å². The highest BCUT2D eigenvalue weighted by Crippen LogP contribution is 2.26. The van der Waals surface area contributed by atoms with Crippen LogP contribution in [0.25, 0.3) is 0 Å². The van der Waals surface area contributed by atoms with Gasteiger partial charge in [0.1, 0.15) is 0 Å². The minimum atomic E-state index is -0.0609. The highest BCUT2D eigenvalue weighted by atomic mass is 16.2. The second-order valence-electron chi connectivity index (χ2n) is 7.05. The summed E-state index contributed by atoms with van der Waals surface area (Å²) in [6, 6.07) is 4.11. The number of piperazine rings is 1. The van der Waals surface area contributed by atoms with Gasteiger partial charge in [0.25, 0.3) is 0 Å². The van der Waals surface area contributed by atoms with Crippen LogP contribution in [0, 0.1) is 20.8 Å².